The van der Waals surface area contributed by atoms with Crippen LogP contribution in [0.3, 0.4) is 0 Å². The van der Waals surface area contributed by atoms with E-state index < -0.39 is 0 Å². The maximum absolute atomic E-state index is 13.4. The molecule has 1 fully saturated rings. The Labute approximate surface area is 159 Å². The Bertz CT molecular complexity index is 1210. The van der Waals surface area contributed by atoms with Crippen molar-refractivity contribution >= 4 is 28.3 Å². The van der Waals surface area contributed by atoms with Gasteiger partial charge in [-0.2, -0.15) is 14.6 Å². The fraction of sp³-hybridized carbons (Fsp3) is 0.263. The number of nitrogens with zero attached hydrogens (tertiary/aromatic N) is 5. The average molecular weight is 382 g/mol. The van der Waals surface area contributed by atoms with E-state index in [0.29, 0.717) is 39.5 Å². The first kappa shape index (κ1) is 16.4. The van der Waals surface area contributed by atoms with Crippen molar-refractivity contribution < 1.29 is 4.74 Å². The molecule has 1 saturated heterocycles. The predicted molar refractivity (Wildman–Crippen MR) is 102 cm³/mol. The van der Waals surface area contributed by atoms with Crippen LogP contribution in [0.5, 0.6) is 0 Å². The zero-order chi connectivity index (χ0) is 18.4. The molecule has 0 spiro atoms. The van der Waals surface area contributed by atoms with E-state index in [2.05, 4.69) is 15.1 Å². The molecule has 0 saturated carbocycles. The standard InChI is InChI=1S/C19H16ClN5O2/c20-14-6-2-1-5-13(14)17-16-15(23-19-21-11-22-25(17)19)7-8-24(18(16)26)10-12-4-3-9-27-12/h1-2,5-8,11-12H,3-4,9-10H2/t12-/m0/s1. The number of benzene rings is 1. The molecule has 0 amide bonds. The largest absolute Gasteiger partial charge is 0.376 e. The molecule has 4 heterocycles. The summed E-state index contributed by atoms with van der Waals surface area (Å²) in [6, 6.07) is 9.23. The maximum Gasteiger partial charge on any atom is 0.262 e. The summed E-state index contributed by atoms with van der Waals surface area (Å²) in [6.45, 7) is 1.27. The molecular weight excluding hydrogens is 366 g/mol. The highest BCUT2D eigenvalue weighted by molar-refractivity contribution is 6.33. The van der Waals surface area contributed by atoms with Gasteiger partial charge in [-0.15, -0.1) is 0 Å². The summed E-state index contributed by atoms with van der Waals surface area (Å²) in [6.07, 6.45) is 5.24. The lowest BCUT2D eigenvalue weighted by Gasteiger charge is -2.14. The molecule has 0 unspecified atom stereocenters. The minimum atomic E-state index is -0.136. The fourth-order valence-electron chi connectivity index (χ4n) is 3.62. The van der Waals surface area contributed by atoms with Crippen LogP contribution in [0, 0.1) is 0 Å². The van der Waals surface area contributed by atoms with Gasteiger partial charge in [0.2, 0.25) is 0 Å². The second-order valence-corrected chi connectivity index (χ2v) is 6.99. The first-order valence-electron chi connectivity index (χ1n) is 8.82. The molecule has 4 aromatic rings. The van der Waals surface area contributed by atoms with Crippen LogP contribution in [0.25, 0.3) is 27.9 Å². The number of aromatic nitrogens is 5. The molecular formula is C19H16ClN5O2. The van der Waals surface area contributed by atoms with E-state index in [1.807, 2.05) is 24.3 Å². The van der Waals surface area contributed by atoms with Crippen molar-refractivity contribution in [2.75, 3.05) is 6.61 Å². The van der Waals surface area contributed by atoms with Crippen LogP contribution in [-0.2, 0) is 11.3 Å². The van der Waals surface area contributed by atoms with Crippen molar-refractivity contribution in [2.24, 2.45) is 0 Å². The monoisotopic (exact) mass is 381 g/mol. The first-order chi connectivity index (χ1) is 13.2. The van der Waals surface area contributed by atoms with Crippen LogP contribution < -0.4 is 5.56 Å². The summed E-state index contributed by atoms with van der Waals surface area (Å²) < 4.78 is 8.95. The second kappa shape index (κ2) is 6.44. The van der Waals surface area contributed by atoms with Crippen LogP contribution in [-0.4, -0.2) is 36.9 Å². The van der Waals surface area contributed by atoms with Gasteiger partial charge < -0.3 is 9.30 Å². The number of ether oxygens (including phenoxy) is 1. The van der Waals surface area contributed by atoms with E-state index in [-0.39, 0.29) is 11.7 Å². The van der Waals surface area contributed by atoms with Gasteiger partial charge in [0.15, 0.2) is 0 Å². The molecule has 0 radical (unpaired) electrons. The van der Waals surface area contributed by atoms with E-state index in [0.717, 1.165) is 19.4 Å². The zero-order valence-electron chi connectivity index (χ0n) is 14.4. The Morgan fingerprint density at radius 3 is 2.96 bits per heavy atom. The van der Waals surface area contributed by atoms with Crippen molar-refractivity contribution in [1.82, 2.24) is 24.1 Å². The molecule has 27 heavy (non-hydrogen) atoms. The SMILES string of the molecule is O=c1c2c(-c3ccccc3Cl)n3ncnc3nc2ccn1C[C@@H]1CCCO1. The Balaban J connectivity index is 1.82. The number of hydrogen-bond donors (Lipinski definition) is 0. The lowest BCUT2D eigenvalue weighted by atomic mass is 10.1. The number of fused-ring (bicyclic) bond motifs is 2. The fourth-order valence-corrected chi connectivity index (χ4v) is 3.84. The molecule has 136 valence electrons. The van der Waals surface area contributed by atoms with Crippen LogP contribution in [0.15, 0.2) is 47.7 Å². The number of rotatable bonds is 3. The quantitative estimate of drug-likeness (QED) is 0.545. The Hall–Kier alpha value is -2.77. The van der Waals surface area contributed by atoms with Crippen molar-refractivity contribution in [3.8, 4) is 11.3 Å². The smallest absolute Gasteiger partial charge is 0.262 e. The number of halogens is 1. The summed E-state index contributed by atoms with van der Waals surface area (Å²) >= 11 is 6.45. The molecule has 7 nitrogen and oxygen atoms in total. The van der Waals surface area contributed by atoms with Crippen molar-refractivity contribution in [2.45, 2.75) is 25.5 Å². The van der Waals surface area contributed by atoms with Crippen LogP contribution in [0.2, 0.25) is 5.02 Å². The lowest BCUT2D eigenvalue weighted by Crippen LogP contribution is -2.27. The van der Waals surface area contributed by atoms with E-state index >= 15 is 0 Å². The van der Waals surface area contributed by atoms with Gasteiger partial charge in [-0.1, -0.05) is 29.8 Å². The van der Waals surface area contributed by atoms with Crippen LogP contribution in [0.4, 0.5) is 0 Å². The third-order valence-electron chi connectivity index (χ3n) is 4.90. The molecule has 1 aliphatic rings. The van der Waals surface area contributed by atoms with E-state index in [9.17, 15) is 4.79 Å². The Morgan fingerprint density at radius 2 is 2.15 bits per heavy atom. The summed E-state index contributed by atoms with van der Waals surface area (Å²) in [5.41, 5.74) is 1.75. The maximum atomic E-state index is 13.4. The normalized spacial score (nSPS) is 17.1. The van der Waals surface area contributed by atoms with Gasteiger partial charge in [0.25, 0.3) is 11.3 Å². The summed E-state index contributed by atoms with van der Waals surface area (Å²) in [5.74, 6) is 0.425. The number of hydrogen-bond acceptors (Lipinski definition) is 5. The molecule has 1 atom stereocenters. The first-order valence-corrected chi connectivity index (χ1v) is 9.19. The molecule has 8 heteroatoms. The summed E-state index contributed by atoms with van der Waals surface area (Å²) in [7, 11) is 0. The van der Waals surface area contributed by atoms with Gasteiger partial charge in [-0.25, -0.2) is 4.98 Å². The van der Waals surface area contributed by atoms with E-state index in [1.54, 1.807) is 21.3 Å². The Morgan fingerprint density at radius 1 is 1.26 bits per heavy atom. The minimum absolute atomic E-state index is 0.0620. The minimum Gasteiger partial charge on any atom is -0.376 e. The summed E-state index contributed by atoms with van der Waals surface area (Å²) in [5, 5.41) is 5.28. The molecule has 1 aliphatic heterocycles. The molecule has 1 aromatic carbocycles. The molecule has 0 aliphatic carbocycles. The van der Waals surface area contributed by atoms with Gasteiger partial charge in [0.05, 0.1) is 29.2 Å². The van der Waals surface area contributed by atoms with Gasteiger partial charge in [-0.3, -0.25) is 4.79 Å². The number of pyridine rings is 1. The second-order valence-electron chi connectivity index (χ2n) is 6.58. The van der Waals surface area contributed by atoms with E-state index in [4.69, 9.17) is 16.3 Å². The van der Waals surface area contributed by atoms with Crippen molar-refractivity contribution in [3.63, 3.8) is 0 Å². The highest BCUT2D eigenvalue weighted by Gasteiger charge is 2.21. The third kappa shape index (κ3) is 2.70. The average Bonchev–Trinajstić information content (AvgIpc) is 3.35. The predicted octanol–water partition coefficient (Wildman–Crippen LogP) is 2.94. The van der Waals surface area contributed by atoms with Gasteiger partial charge >= 0.3 is 0 Å². The summed E-state index contributed by atoms with van der Waals surface area (Å²) in [4.78, 5) is 22.0. The molecule has 0 bridgehead atoms. The van der Waals surface area contributed by atoms with Crippen molar-refractivity contribution in [3.05, 3.63) is 58.2 Å². The molecule has 5 rings (SSSR count). The van der Waals surface area contributed by atoms with Gasteiger partial charge in [0, 0.05) is 23.4 Å². The van der Waals surface area contributed by atoms with Crippen LogP contribution >= 0.6 is 11.6 Å². The molecule has 0 N–H and O–H groups in total. The highest BCUT2D eigenvalue weighted by Crippen LogP contribution is 2.31. The lowest BCUT2D eigenvalue weighted by molar-refractivity contribution is 0.0963. The topological polar surface area (TPSA) is 74.3 Å². The van der Waals surface area contributed by atoms with Gasteiger partial charge in [0.1, 0.15) is 6.33 Å². The molecule has 3 aromatic heterocycles. The van der Waals surface area contributed by atoms with E-state index in [1.165, 1.54) is 6.33 Å². The highest BCUT2D eigenvalue weighted by atomic mass is 35.5. The zero-order valence-corrected chi connectivity index (χ0v) is 15.1. The van der Waals surface area contributed by atoms with Crippen molar-refractivity contribution in [1.29, 1.82) is 0 Å². The van der Waals surface area contributed by atoms with Crippen LogP contribution in [0.1, 0.15) is 12.8 Å². The van der Waals surface area contributed by atoms with Gasteiger partial charge in [-0.05, 0) is 25.0 Å². The Kier molecular flexibility index (Phi) is 3.91. The third-order valence-corrected chi connectivity index (χ3v) is 5.22.